The molecule has 0 aliphatic carbocycles. The Balaban J connectivity index is 1.79. The molecule has 5 nitrogen and oxygen atoms in total. The van der Waals surface area contributed by atoms with Crippen molar-refractivity contribution in [1.82, 2.24) is 0 Å². The van der Waals surface area contributed by atoms with Gasteiger partial charge in [0, 0.05) is 6.42 Å². The minimum atomic E-state index is -0.575. The molecule has 128 valence electrons. The normalized spacial score (nSPS) is 22.2. The average Bonchev–Trinajstić information content (AvgIpc) is 2.68. The van der Waals surface area contributed by atoms with E-state index >= 15 is 0 Å². The number of allylic oxidation sites excluding steroid dienone is 1. The van der Waals surface area contributed by atoms with Crippen molar-refractivity contribution in [2.45, 2.75) is 18.4 Å². The van der Waals surface area contributed by atoms with Gasteiger partial charge < -0.3 is 15.2 Å². The molecule has 0 amide bonds. The van der Waals surface area contributed by atoms with Crippen LogP contribution in [0.15, 0.2) is 83.5 Å². The number of hydrogen-bond acceptors (Lipinski definition) is 5. The Morgan fingerprint density at radius 2 is 1.62 bits per heavy atom. The lowest BCUT2D eigenvalue weighted by Gasteiger charge is -2.34. The van der Waals surface area contributed by atoms with Crippen LogP contribution in [-0.2, 0) is 14.3 Å². The summed E-state index contributed by atoms with van der Waals surface area (Å²) >= 11 is 0. The molecular formula is C21H16N2O3. The van der Waals surface area contributed by atoms with Crippen molar-refractivity contribution in [1.29, 1.82) is 5.26 Å². The van der Waals surface area contributed by atoms with Crippen molar-refractivity contribution in [3.63, 3.8) is 0 Å². The first-order chi connectivity index (χ1) is 12.7. The van der Waals surface area contributed by atoms with Crippen LogP contribution in [0.25, 0.3) is 0 Å². The number of nitriles is 1. The van der Waals surface area contributed by atoms with Gasteiger partial charge in [-0.25, -0.2) is 4.79 Å². The summed E-state index contributed by atoms with van der Waals surface area (Å²) in [6.07, 6.45) is -0.0521. The molecule has 2 aromatic rings. The maximum Gasteiger partial charge on any atom is 0.339 e. The molecule has 2 aliphatic rings. The lowest BCUT2D eigenvalue weighted by atomic mass is 9.81. The Labute approximate surface area is 151 Å². The van der Waals surface area contributed by atoms with Crippen LogP contribution < -0.4 is 5.73 Å². The van der Waals surface area contributed by atoms with E-state index in [0.717, 1.165) is 11.1 Å². The van der Waals surface area contributed by atoms with Crippen LogP contribution in [0.5, 0.6) is 0 Å². The number of cyclic esters (lactones) is 1. The standard InChI is InChI=1S/C21H16N2O3/c22-12-15-18(14-9-5-2-6-10-14)19-17(25-20(15)23)11-16(26-21(19)24)13-7-3-1-4-8-13/h1-10,16,18H,11,23H2/t16-,18-/m1/s1. The predicted molar refractivity (Wildman–Crippen MR) is 94.0 cm³/mol. The summed E-state index contributed by atoms with van der Waals surface area (Å²) in [5.74, 6) is -0.537. The largest absolute Gasteiger partial charge is 0.454 e. The first-order valence-electron chi connectivity index (χ1n) is 8.30. The summed E-state index contributed by atoms with van der Waals surface area (Å²) in [4.78, 5) is 12.8. The van der Waals surface area contributed by atoms with Crippen molar-refractivity contribution in [2.75, 3.05) is 0 Å². The molecule has 2 atom stereocenters. The fraction of sp³-hybridized carbons (Fsp3) is 0.143. The number of nitrogens with two attached hydrogens (primary N) is 1. The Hall–Kier alpha value is -3.52. The van der Waals surface area contributed by atoms with Gasteiger partial charge in [-0.2, -0.15) is 5.26 Å². The third-order valence-corrected chi connectivity index (χ3v) is 4.64. The van der Waals surface area contributed by atoms with Crippen molar-refractivity contribution < 1.29 is 14.3 Å². The smallest absolute Gasteiger partial charge is 0.339 e. The summed E-state index contributed by atoms with van der Waals surface area (Å²) in [5, 5.41) is 9.56. The Morgan fingerprint density at radius 3 is 2.23 bits per heavy atom. The van der Waals surface area contributed by atoms with Crippen LogP contribution in [0.4, 0.5) is 0 Å². The number of hydrogen-bond donors (Lipinski definition) is 1. The Kier molecular flexibility index (Phi) is 3.94. The van der Waals surface area contributed by atoms with Crippen LogP contribution in [0, 0.1) is 11.3 Å². The quantitative estimate of drug-likeness (QED) is 0.844. The van der Waals surface area contributed by atoms with E-state index < -0.39 is 18.0 Å². The van der Waals surface area contributed by atoms with Crippen molar-refractivity contribution in [3.8, 4) is 6.07 Å². The zero-order valence-electron chi connectivity index (χ0n) is 13.9. The van der Waals surface area contributed by atoms with E-state index in [9.17, 15) is 10.1 Å². The predicted octanol–water partition coefficient (Wildman–Crippen LogP) is 3.44. The van der Waals surface area contributed by atoms with E-state index in [1.807, 2.05) is 60.7 Å². The van der Waals surface area contributed by atoms with E-state index in [1.54, 1.807) is 0 Å². The molecule has 2 heterocycles. The van der Waals surface area contributed by atoms with Crippen molar-refractivity contribution >= 4 is 5.97 Å². The van der Waals surface area contributed by atoms with Gasteiger partial charge in [0.15, 0.2) is 0 Å². The summed E-state index contributed by atoms with van der Waals surface area (Å²) in [7, 11) is 0. The van der Waals surface area contributed by atoms with Gasteiger partial charge in [-0.05, 0) is 11.1 Å². The van der Waals surface area contributed by atoms with Gasteiger partial charge in [0.1, 0.15) is 23.5 Å². The van der Waals surface area contributed by atoms with E-state index in [-0.39, 0.29) is 11.5 Å². The van der Waals surface area contributed by atoms with Gasteiger partial charge >= 0.3 is 5.97 Å². The Bertz CT molecular complexity index is 956. The number of carbonyl (C=O) groups excluding carboxylic acids is 1. The second-order valence-electron chi connectivity index (χ2n) is 6.18. The average molecular weight is 344 g/mol. The van der Waals surface area contributed by atoms with E-state index in [2.05, 4.69) is 6.07 Å². The number of benzene rings is 2. The fourth-order valence-electron chi connectivity index (χ4n) is 3.43. The molecular weight excluding hydrogens is 328 g/mol. The number of esters is 1. The molecule has 5 heteroatoms. The van der Waals surface area contributed by atoms with Gasteiger partial charge in [-0.15, -0.1) is 0 Å². The van der Waals surface area contributed by atoms with E-state index in [1.165, 1.54) is 0 Å². The molecule has 0 bridgehead atoms. The molecule has 26 heavy (non-hydrogen) atoms. The highest BCUT2D eigenvalue weighted by Crippen LogP contribution is 2.45. The minimum absolute atomic E-state index is 0.0432. The lowest BCUT2D eigenvalue weighted by Crippen LogP contribution is -2.31. The molecule has 0 saturated heterocycles. The van der Waals surface area contributed by atoms with Crippen LogP contribution in [-0.4, -0.2) is 5.97 Å². The first-order valence-corrected chi connectivity index (χ1v) is 8.30. The number of nitrogens with zero attached hydrogens (tertiary/aromatic N) is 1. The molecule has 0 fully saturated rings. The van der Waals surface area contributed by atoms with Gasteiger partial charge in [0.2, 0.25) is 5.88 Å². The molecule has 2 aromatic carbocycles. The molecule has 4 rings (SSSR count). The highest BCUT2D eigenvalue weighted by molar-refractivity contribution is 5.93. The second kappa shape index (κ2) is 6.41. The lowest BCUT2D eigenvalue weighted by molar-refractivity contribution is -0.147. The number of rotatable bonds is 2. The summed E-state index contributed by atoms with van der Waals surface area (Å²) in [6, 6.07) is 20.9. The molecule has 2 aliphatic heterocycles. The molecule has 0 unspecified atom stereocenters. The van der Waals surface area contributed by atoms with Crippen molar-refractivity contribution in [2.24, 2.45) is 5.73 Å². The summed E-state index contributed by atoms with van der Waals surface area (Å²) in [6.45, 7) is 0. The third kappa shape index (κ3) is 2.62. The van der Waals surface area contributed by atoms with Gasteiger partial charge in [-0.3, -0.25) is 0 Å². The highest BCUT2D eigenvalue weighted by Gasteiger charge is 2.42. The SMILES string of the molecule is N#CC1=C(N)OC2=C(C(=O)O[C@@H](c3ccccc3)C2)[C@@H]1c1ccccc1. The molecule has 2 N–H and O–H groups in total. The fourth-order valence-corrected chi connectivity index (χ4v) is 3.43. The highest BCUT2D eigenvalue weighted by atomic mass is 16.6. The second-order valence-corrected chi connectivity index (χ2v) is 6.18. The monoisotopic (exact) mass is 344 g/mol. The zero-order chi connectivity index (χ0) is 18.1. The number of ether oxygens (including phenoxy) is 2. The minimum Gasteiger partial charge on any atom is -0.454 e. The van der Waals surface area contributed by atoms with Crippen LogP contribution in [0.1, 0.15) is 29.6 Å². The van der Waals surface area contributed by atoms with Gasteiger partial charge in [0.05, 0.1) is 11.5 Å². The van der Waals surface area contributed by atoms with Crippen molar-refractivity contribution in [3.05, 3.63) is 94.6 Å². The topological polar surface area (TPSA) is 85.3 Å². The summed E-state index contributed by atoms with van der Waals surface area (Å²) in [5.41, 5.74) is 8.28. The van der Waals surface area contributed by atoms with Crippen LogP contribution in [0.2, 0.25) is 0 Å². The molecule has 0 aromatic heterocycles. The maximum atomic E-state index is 12.8. The van der Waals surface area contributed by atoms with Gasteiger partial charge in [-0.1, -0.05) is 60.7 Å². The molecule has 0 radical (unpaired) electrons. The molecule has 0 spiro atoms. The molecule has 0 saturated carbocycles. The van der Waals surface area contributed by atoms with E-state index in [4.69, 9.17) is 15.2 Å². The number of carbonyl (C=O) groups is 1. The first kappa shape index (κ1) is 16.0. The van der Waals surface area contributed by atoms with E-state index in [0.29, 0.717) is 17.8 Å². The zero-order valence-corrected chi connectivity index (χ0v) is 13.9. The van der Waals surface area contributed by atoms with Crippen LogP contribution in [0.3, 0.4) is 0 Å². The third-order valence-electron chi connectivity index (χ3n) is 4.64. The van der Waals surface area contributed by atoms with Gasteiger partial charge in [0.25, 0.3) is 0 Å². The van der Waals surface area contributed by atoms with Crippen LogP contribution >= 0.6 is 0 Å². The Morgan fingerprint density at radius 1 is 1.00 bits per heavy atom. The summed E-state index contributed by atoms with van der Waals surface area (Å²) < 4.78 is 11.4. The maximum absolute atomic E-state index is 12.8.